The lowest BCUT2D eigenvalue weighted by Gasteiger charge is -1.90. The fourth-order valence-corrected chi connectivity index (χ4v) is 0.678. The van der Waals surface area contributed by atoms with Crippen molar-refractivity contribution in [1.29, 1.82) is 0 Å². The summed E-state index contributed by atoms with van der Waals surface area (Å²) in [5.74, 6) is 3.20. The summed E-state index contributed by atoms with van der Waals surface area (Å²) < 4.78 is 0. The first-order chi connectivity index (χ1) is 6.09. The van der Waals surface area contributed by atoms with E-state index in [4.69, 9.17) is 10.8 Å². The summed E-state index contributed by atoms with van der Waals surface area (Å²) in [6.45, 7) is 0. The number of nitrogens with one attached hydrogen (secondary N) is 1. The molecule has 0 aliphatic rings. The molecule has 0 saturated carbocycles. The van der Waals surface area contributed by atoms with Crippen LogP contribution >= 0.6 is 0 Å². The average molecular weight is 178 g/mol. The Bertz CT molecular complexity index is 450. The molecule has 5 nitrogen and oxygen atoms in total. The maximum Gasteiger partial charge on any atom is 0.293 e. The predicted molar refractivity (Wildman–Crippen MR) is 44.8 cm³/mol. The van der Waals surface area contributed by atoms with Crippen LogP contribution in [0.25, 0.3) is 0 Å². The first-order valence-corrected chi connectivity index (χ1v) is 3.33. The van der Waals surface area contributed by atoms with Crippen molar-refractivity contribution >= 4 is 5.91 Å². The number of hydrogen-bond donors (Lipinski definition) is 3. The molecule has 0 atom stereocenters. The van der Waals surface area contributed by atoms with Crippen LogP contribution in [0, 0.1) is 11.8 Å². The molecule has 0 spiro atoms. The van der Waals surface area contributed by atoms with E-state index >= 15 is 0 Å². The van der Waals surface area contributed by atoms with Gasteiger partial charge in [-0.25, -0.2) is 0 Å². The van der Waals surface area contributed by atoms with E-state index in [1.165, 1.54) is 6.20 Å². The molecule has 0 aromatic carbocycles. The SMILES string of the molecule is NC(=O)C#Cc1c[nH]c(=O)c(O)c1. The van der Waals surface area contributed by atoms with Gasteiger partial charge in [0.05, 0.1) is 0 Å². The number of carbonyl (C=O) groups excluding carboxylic acids is 1. The third kappa shape index (κ3) is 2.38. The van der Waals surface area contributed by atoms with Gasteiger partial charge in [-0.3, -0.25) is 9.59 Å². The summed E-state index contributed by atoms with van der Waals surface area (Å²) in [6.07, 6.45) is 1.28. The number of pyridine rings is 1. The molecule has 1 heterocycles. The van der Waals surface area contributed by atoms with E-state index < -0.39 is 17.2 Å². The van der Waals surface area contributed by atoms with Gasteiger partial charge in [0.1, 0.15) is 0 Å². The van der Waals surface area contributed by atoms with Crippen molar-refractivity contribution in [3.63, 3.8) is 0 Å². The number of hydrogen-bond acceptors (Lipinski definition) is 3. The van der Waals surface area contributed by atoms with Crippen LogP contribution in [0.15, 0.2) is 17.1 Å². The van der Waals surface area contributed by atoms with Crippen molar-refractivity contribution in [3.8, 4) is 17.6 Å². The van der Waals surface area contributed by atoms with Gasteiger partial charge < -0.3 is 15.8 Å². The fourth-order valence-electron chi connectivity index (χ4n) is 0.678. The lowest BCUT2D eigenvalue weighted by molar-refractivity contribution is -0.112. The zero-order chi connectivity index (χ0) is 9.84. The maximum absolute atomic E-state index is 10.7. The van der Waals surface area contributed by atoms with Gasteiger partial charge in [-0.2, -0.15) is 0 Å². The Hall–Kier alpha value is -2.22. The molecule has 0 bridgehead atoms. The van der Waals surface area contributed by atoms with E-state index in [9.17, 15) is 9.59 Å². The minimum atomic E-state index is -0.773. The second-order valence-corrected chi connectivity index (χ2v) is 2.22. The fraction of sp³-hybridized carbons (Fsp3) is 0. The van der Waals surface area contributed by atoms with Crippen LogP contribution in [0.4, 0.5) is 0 Å². The lowest BCUT2D eigenvalue weighted by Crippen LogP contribution is -2.07. The quantitative estimate of drug-likeness (QED) is 0.441. The Morgan fingerprint density at radius 3 is 2.85 bits per heavy atom. The molecule has 1 aromatic heterocycles. The molecule has 66 valence electrons. The minimum Gasteiger partial charge on any atom is -0.503 e. The van der Waals surface area contributed by atoms with E-state index in [1.54, 1.807) is 0 Å². The maximum atomic E-state index is 10.7. The van der Waals surface area contributed by atoms with E-state index in [0.717, 1.165) is 6.07 Å². The second-order valence-electron chi connectivity index (χ2n) is 2.22. The Balaban J connectivity index is 3.07. The van der Waals surface area contributed by atoms with E-state index in [-0.39, 0.29) is 0 Å². The average Bonchev–Trinajstić information content (AvgIpc) is 2.07. The smallest absolute Gasteiger partial charge is 0.293 e. The number of aromatic amines is 1. The van der Waals surface area contributed by atoms with Gasteiger partial charge in [0.25, 0.3) is 11.5 Å². The van der Waals surface area contributed by atoms with Crippen LogP contribution in [-0.4, -0.2) is 16.0 Å². The van der Waals surface area contributed by atoms with E-state index in [2.05, 4.69) is 16.8 Å². The number of carbonyl (C=O) groups is 1. The van der Waals surface area contributed by atoms with Crippen molar-refractivity contribution in [2.45, 2.75) is 0 Å². The summed E-state index contributed by atoms with van der Waals surface area (Å²) in [6, 6.07) is 1.15. The summed E-state index contributed by atoms with van der Waals surface area (Å²) in [5.41, 5.74) is 4.47. The van der Waals surface area contributed by atoms with Crippen LogP contribution in [0.3, 0.4) is 0 Å². The van der Waals surface area contributed by atoms with Crippen molar-refractivity contribution in [2.75, 3.05) is 0 Å². The van der Waals surface area contributed by atoms with Crippen molar-refractivity contribution in [2.24, 2.45) is 5.73 Å². The Labute approximate surface area is 73.2 Å². The Kier molecular flexibility index (Phi) is 2.36. The van der Waals surface area contributed by atoms with Crippen molar-refractivity contribution in [3.05, 3.63) is 28.2 Å². The number of primary amides is 1. The summed E-state index contributed by atoms with van der Waals surface area (Å²) >= 11 is 0. The molecule has 0 radical (unpaired) electrons. The molecule has 1 rings (SSSR count). The number of H-pyrrole nitrogens is 1. The molecule has 1 aromatic rings. The van der Waals surface area contributed by atoms with Crippen LogP contribution in [-0.2, 0) is 4.79 Å². The molecule has 0 aliphatic carbocycles. The van der Waals surface area contributed by atoms with Crippen LogP contribution in [0.5, 0.6) is 5.75 Å². The molecular formula is C8H6N2O3. The van der Waals surface area contributed by atoms with E-state index in [1.807, 2.05) is 0 Å². The highest BCUT2D eigenvalue weighted by Gasteiger charge is 1.95. The second kappa shape index (κ2) is 3.45. The van der Waals surface area contributed by atoms with Crippen molar-refractivity contribution < 1.29 is 9.90 Å². The molecular weight excluding hydrogens is 172 g/mol. The third-order valence-electron chi connectivity index (χ3n) is 1.21. The highest BCUT2D eigenvalue weighted by atomic mass is 16.3. The molecule has 0 saturated heterocycles. The molecule has 5 heteroatoms. The summed E-state index contributed by atoms with van der Waals surface area (Å²) in [4.78, 5) is 23.1. The predicted octanol–water partition coefficient (Wildman–Crippen LogP) is -1.08. The Morgan fingerprint density at radius 2 is 2.31 bits per heavy atom. The number of amides is 1. The van der Waals surface area contributed by atoms with Crippen LogP contribution in [0.2, 0.25) is 0 Å². The van der Waals surface area contributed by atoms with Crippen LogP contribution < -0.4 is 11.3 Å². The lowest BCUT2D eigenvalue weighted by atomic mass is 10.3. The number of aromatic nitrogens is 1. The first kappa shape index (κ1) is 8.87. The molecule has 1 amide bonds. The third-order valence-corrected chi connectivity index (χ3v) is 1.21. The monoisotopic (exact) mass is 178 g/mol. The zero-order valence-electron chi connectivity index (χ0n) is 6.50. The number of rotatable bonds is 0. The summed E-state index contributed by atoms with van der Waals surface area (Å²) in [7, 11) is 0. The molecule has 0 unspecified atom stereocenters. The van der Waals surface area contributed by atoms with Gasteiger partial charge in [-0.1, -0.05) is 5.92 Å². The Morgan fingerprint density at radius 1 is 1.62 bits per heavy atom. The molecule has 0 fully saturated rings. The van der Waals surface area contributed by atoms with Gasteiger partial charge in [-0.15, -0.1) is 0 Å². The molecule has 0 aliphatic heterocycles. The largest absolute Gasteiger partial charge is 0.503 e. The van der Waals surface area contributed by atoms with Gasteiger partial charge >= 0.3 is 0 Å². The highest BCUT2D eigenvalue weighted by Crippen LogP contribution is 2.00. The van der Waals surface area contributed by atoms with Gasteiger partial charge in [0.2, 0.25) is 0 Å². The minimum absolute atomic E-state index is 0.316. The van der Waals surface area contributed by atoms with Crippen LogP contribution in [0.1, 0.15) is 5.56 Å². The topological polar surface area (TPSA) is 96.2 Å². The molecule has 13 heavy (non-hydrogen) atoms. The zero-order valence-corrected chi connectivity index (χ0v) is 6.50. The first-order valence-electron chi connectivity index (χ1n) is 3.33. The van der Waals surface area contributed by atoms with Gasteiger partial charge in [0, 0.05) is 23.7 Å². The van der Waals surface area contributed by atoms with E-state index in [0.29, 0.717) is 5.56 Å². The highest BCUT2D eigenvalue weighted by molar-refractivity contribution is 5.92. The van der Waals surface area contributed by atoms with Gasteiger partial charge in [0.15, 0.2) is 5.75 Å². The molecule has 4 N–H and O–H groups in total. The summed E-state index contributed by atoms with van der Waals surface area (Å²) in [5, 5.41) is 8.94. The standard InChI is InChI=1S/C8H6N2O3/c9-7(12)2-1-5-3-6(11)8(13)10-4-5/h3-4,11H,(H2,9,12)(H,10,13). The normalized spacial score (nSPS) is 8.62. The number of nitrogens with two attached hydrogens (primary N) is 1. The van der Waals surface area contributed by atoms with Crippen molar-refractivity contribution in [1.82, 2.24) is 4.98 Å². The van der Waals surface area contributed by atoms with Gasteiger partial charge in [-0.05, 0) is 0 Å². The number of aromatic hydroxyl groups is 1.